The third-order valence-corrected chi connectivity index (χ3v) is 5.78. The number of benzene rings is 1. The number of ether oxygens (including phenoxy) is 2. The molecule has 1 aliphatic rings. The number of fused-ring (bicyclic) bond motifs is 4. The Morgan fingerprint density at radius 2 is 2.13 bits per heavy atom. The highest BCUT2D eigenvalue weighted by atomic mass is 32.1. The molecule has 0 radical (unpaired) electrons. The van der Waals surface area contributed by atoms with Gasteiger partial charge in [0, 0.05) is 20.6 Å². The molecule has 4 heterocycles. The van der Waals surface area contributed by atoms with E-state index in [1.165, 1.54) is 22.1 Å². The standard InChI is InChI=1S/C18H17N7O4S/c1-23(2)17-21-15-14(30-17)16-22-25(18(27)24(16)8-20-15)7-13(26)19-6-10-3-4-11-12(5-10)29-9-28-11/h3-5,8H,6-7,9H2,1-2H3,(H,19,26). The van der Waals surface area contributed by atoms with Crippen LogP contribution in [0.3, 0.4) is 0 Å². The van der Waals surface area contributed by atoms with Gasteiger partial charge in [0.05, 0.1) is 0 Å². The first-order valence-electron chi connectivity index (χ1n) is 9.07. The molecule has 0 spiro atoms. The number of anilines is 1. The number of hydrogen-bond donors (Lipinski definition) is 1. The average molecular weight is 427 g/mol. The van der Waals surface area contributed by atoms with Gasteiger partial charge < -0.3 is 19.7 Å². The highest BCUT2D eigenvalue weighted by Gasteiger charge is 2.17. The minimum absolute atomic E-state index is 0.194. The van der Waals surface area contributed by atoms with Crippen LogP contribution in [0.1, 0.15) is 5.56 Å². The third kappa shape index (κ3) is 3.10. The van der Waals surface area contributed by atoms with E-state index in [2.05, 4.69) is 20.4 Å². The van der Waals surface area contributed by atoms with E-state index in [0.29, 0.717) is 34.0 Å². The Balaban J connectivity index is 1.35. The van der Waals surface area contributed by atoms with Crippen LogP contribution in [0.4, 0.5) is 5.13 Å². The largest absolute Gasteiger partial charge is 0.454 e. The van der Waals surface area contributed by atoms with Crippen LogP contribution >= 0.6 is 11.3 Å². The lowest BCUT2D eigenvalue weighted by Crippen LogP contribution is -2.32. The monoisotopic (exact) mass is 427 g/mol. The van der Waals surface area contributed by atoms with Crippen LogP contribution in [0.2, 0.25) is 0 Å². The van der Waals surface area contributed by atoms with E-state index in [1.54, 1.807) is 6.07 Å². The van der Waals surface area contributed by atoms with E-state index in [4.69, 9.17) is 9.47 Å². The lowest BCUT2D eigenvalue weighted by atomic mass is 10.2. The van der Waals surface area contributed by atoms with Gasteiger partial charge in [-0.2, -0.15) is 4.98 Å². The third-order valence-electron chi connectivity index (χ3n) is 4.57. The number of rotatable bonds is 5. The van der Waals surface area contributed by atoms with Crippen molar-refractivity contribution in [2.75, 3.05) is 25.8 Å². The van der Waals surface area contributed by atoms with E-state index >= 15 is 0 Å². The Hall–Kier alpha value is -3.67. The topological polar surface area (TPSA) is 116 Å². The summed E-state index contributed by atoms with van der Waals surface area (Å²) >= 11 is 1.39. The maximum atomic E-state index is 12.6. The summed E-state index contributed by atoms with van der Waals surface area (Å²) in [6.07, 6.45) is 1.38. The number of carbonyl (C=O) groups is 1. The van der Waals surface area contributed by atoms with Crippen LogP contribution < -0.4 is 25.4 Å². The molecule has 1 amide bonds. The molecule has 0 bridgehead atoms. The Labute approximate surface area is 173 Å². The predicted octanol–water partition coefficient (Wildman–Crippen LogP) is 0.612. The summed E-state index contributed by atoms with van der Waals surface area (Å²) in [7, 11) is 3.76. The number of carbonyl (C=O) groups excluding carboxylic acids is 1. The molecule has 11 nitrogen and oxygen atoms in total. The maximum Gasteiger partial charge on any atom is 0.352 e. The van der Waals surface area contributed by atoms with Crippen molar-refractivity contribution < 1.29 is 14.3 Å². The molecule has 0 aliphatic carbocycles. The van der Waals surface area contributed by atoms with E-state index in [0.717, 1.165) is 15.4 Å². The smallest absolute Gasteiger partial charge is 0.352 e. The quantitative estimate of drug-likeness (QED) is 0.493. The molecule has 5 rings (SSSR count). The minimum Gasteiger partial charge on any atom is -0.454 e. The minimum atomic E-state index is -0.433. The van der Waals surface area contributed by atoms with Crippen molar-refractivity contribution in [1.82, 2.24) is 29.5 Å². The molecule has 0 fully saturated rings. The van der Waals surface area contributed by atoms with Crippen molar-refractivity contribution in [3.8, 4) is 11.5 Å². The fraction of sp³-hybridized carbons (Fsp3) is 0.278. The molecule has 0 saturated heterocycles. The fourth-order valence-electron chi connectivity index (χ4n) is 3.06. The van der Waals surface area contributed by atoms with Gasteiger partial charge in [0.25, 0.3) is 0 Å². The zero-order valence-corrected chi connectivity index (χ0v) is 17.0. The Morgan fingerprint density at radius 1 is 1.30 bits per heavy atom. The van der Waals surface area contributed by atoms with Crippen LogP contribution in [0.15, 0.2) is 29.3 Å². The second-order valence-electron chi connectivity index (χ2n) is 6.89. The Morgan fingerprint density at radius 3 is 2.97 bits per heavy atom. The van der Waals surface area contributed by atoms with Crippen LogP contribution in [-0.4, -0.2) is 50.9 Å². The first-order chi connectivity index (χ1) is 14.5. The van der Waals surface area contributed by atoms with Crippen molar-refractivity contribution >= 4 is 38.4 Å². The summed E-state index contributed by atoms with van der Waals surface area (Å²) in [4.78, 5) is 35.5. The summed E-state index contributed by atoms with van der Waals surface area (Å²) in [5.74, 6) is 0.999. The number of nitrogens with one attached hydrogen (secondary N) is 1. The average Bonchev–Trinajstić information content (AvgIpc) is 3.43. The molecule has 0 atom stereocenters. The molecular formula is C18H17N7O4S. The molecule has 4 aromatic rings. The molecule has 0 saturated carbocycles. The van der Waals surface area contributed by atoms with Gasteiger partial charge in [0.1, 0.15) is 17.6 Å². The van der Waals surface area contributed by atoms with Crippen molar-refractivity contribution in [3.05, 3.63) is 40.6 Å². The molecule has 30 heavy (non-hydrogen) atoms. The molecule has 12 heteroatoms. The summed E-state index contributed by atoms with van der Waals surface area (Å²) in [6.45, 7) is 0.288. The lowest BCUT2D eigenvalue weighted by Gasteiger charge is -2.06. The van der Waals surface area contributed by atoms with Crippen LogP contribution in [0.25, 0.3) is 16.0 Å². The number of hydrogen-bond acceptors (Lipinski definition) is 9. The van der Waals surface area contributed by atoms with Gasteiger partial charge in [-0.15, -0.1) is 5.10 Å². The van der Waals surface area contributed by atoms with E-state index in [1.807, 2.05) is 31.1 Å². The zero-order chi connectivity index (χ0) is 20.8. The Kier molecular flexibility index (Phi) is 4.28. The van der Waals surface area contributed by atoms with Crippen molar-refractivity contribution in [3.63, 3.8) is 0 Å². The van der Waals surface area contributed by atoms with E-state index < -0.39 is 5.69 Å². The highest BCUT2D eigenvalue weighted by molar-refractivity contribution is 7.22. The predicted molar refractivity (Wildman–Crippen MR) is 109 cm³/mol. The van der Waals surface area contributed by atoms with Gasteiger partial charge >= 0.3 is 5.69 Å². The molecule has 1 aromatic carbocycles. The van der Waals surface area contributed by atoms with Crippen LogP contribution in [0, 0.1) is 0 Å². The van der Waals surface area contributed by atoms with Gasteiger partial charge in [-0.05, 0) is 17.7 Å². The fourth-order valence-corrected chi connectivity index (χ4v) is 3.98. The number of thiazole rings is 1. The summed E-state index contributed by atoms with van der Waals surface area (Å²) in [5, 5.41) is 7.89. The van der Waals surface area contributed by atoms with E-state index in [9.17, 15) is 9.59 Å². The first kappa shape index (κ1) is 18.4. The van der Waals surface area contributed by atoms with Crippen molar-refractivity contribution in [1.29, 1.82) is 0 Å². The molecule has 0 unspecified atom stereocenters. The van der Waals surface area contributed by atoms with Crippen molar-refractivity contribution in [2.24, 2.45) is 0 Å². The van der Waals surface area contributed by atoms with Crippen LogP contribution in [0.5, 0.6) is 11.5 Å². The Bertz CT molecular complexity index is 1340. The van der Waals surface area contributed by atoms with Gasteiger partial charge in [-0.25, -0.2) is 18.9 Å². The zero-order valence-electron chi connectivity index (χ0n) is 16.2. The summed E-state index contributed by atoms with van der Waals surface area (Å²) in [5.41, 5.74) is 1.37. The van der Waals surface area contributed by atoms with Gasteiger partial charge in [-0.1, -0.05) is 17.4 Å². The molecule has 1 N–H and O–H groups in total. The molecule has 154 valence electrons. The van der Waals surface area contributed by atoms with E-state index in [-0.39, 0.29) is 19.2 Å². The second kappa shape index (κ2) is 6.99. The normalized spacial score (nSPS) is 12.6. The van der Waals surface area contributed by atoms with Gasteiger partial charge in [0.15, 0.2) is 27.9 Å². The number of aromatic nitrogens is 5. The molecular weight excluding hydrogens is 410 g/mol. The maximum absolute atomic E-state index is 12.6. The SMILES string of the molecule is CN(C)c1nc2ncn3c(=O)n(CC(=O)NCc4ccc5c(c4)OCO5)nc3c2s1. The van der Waals surface area contributed by atoms with Gasteiger partial charge in [-0.3, -0.25) is 4.79 Å². The summed E-state index contributed by atoms with van der Waals surface area (Å²) in [6, 6.07) is 5.46. The first-order valence-corrected chi connectivity index (χ1v) is 9.88. The number of amides is 1. The highest BCUT2D eigenvalue weighted by Crippen LogP contribution is 2.32. The molecule has 1 aliphatic heterocycles. The second-order valence-corrected chi connectivity index (χ2v) is 7.86. The molecule has 3 aromatic heterocycles. The van der Waals surface area contributed by atoms with Crippen molar-refractivity contribution in [2.45, 2.75) is 13.1 Å². The van der Waals surface area contributed by atoms with Crippen LogP contribution in [-0.2, 0) is 17.9 Å². The number of nitrogens with zero attached hydrogens (tertiary/aromatic N) is 6. The lowest BCUT2D eigenvalue weighted by molar-refractivity contribution is -0.122. The van der Waals surface area contributed by atoms with Gasteiger partial charge in [0.2, 0.25) is 12.7 Å². The summed E-state index contributed by atoms with van der Waals surface area (Å²) < 4.78 is 13.8.